The Morgan fingerprint density at radius 2 is 1.76 bits per heavy atom. The number of hydrogen-bond donors (Lipinski definition) is 2. The Labute approximate surface area is 167 Å². The molecule has 2 aromatic carbocycles. The summed E-state index contributed by atoms with van der Waals surface area (Å²) >= 11 is 0. The number of aromatic nitrogens is 1. The van der Waals surface area contributed by atoms with Crippen LogP contribution in [-0.4, -0.2) is 33.4 Å². The van der Waals surface area contributed by atoms with Crippen molar-refractivity contribution in [2.24, 2.45) is 0 Å². The normalized spacial score (nSPS) is 18.7. The number of imide groups is 1. The number of nitrogens with zero attached hydrogens (tertiary/aromatic N) is 2. The molecular weight excluding hydrogens is 368 g/mol. The van der Waals surface area contributed by atoms with Crippen molar-refractivity contribution in [3.05, 3.63) is 78.0 Å². The second kappa shape index (κ2) is 7.35. The number of urea groups is 1. The fourth-order valence-electron chi connectivity index (χ4n) is 3.35. The van der Waals surface area contributed by atoms with E-state index in [9.17, 15) is 14.4 Å². The van der Waals surface area contributed by atoms with Crippen molar-refractivity contribution >= 4 is 28.7 Å². The molecule has 4 amide bonds. The summed E-state index contributed by atoms with van der Waals surface area (Å²) in [5.41, 5.74) is 3.15. The van der Waals surface area contributed by atoms with Gasteiger partial charge in [0, 0.05) is 5.39 Å². The summed E-state index contributed by atoms with van der Waals surface area (Å²) in [6.07, 6.45) is 1.04. The van der Waals surface area contributed by atoms with E-state index >= 15 is 0 Å². The van der Waals surface area contributed by atoms with Gasteiger partial charge in [-0.1, -0.05) is 54.6 Å². The van der Waals surface area contributed by atoms with Gasteiger partial charge in [-0.3, -0.25) is 15.0 Å². The van der Waals surface area contributed by atoms with Crippen molar-refractivity contribution in [1.82, 2.24) is 20.7 Å². The average molecular weight is 388 g/mol. The van der Waals surface area contributed by atoms with E-state index in [2.05, 4.69) is 15.7 Å². The topological polar surface area (TPSA) is 91.4 Å². The van der Waals surface area contributed by atoms with Crippen LogP contribution in [0.5, 0.6) is 0 Å². The molecule has 1 aliphatic rings. The first-order chi connectivity index (χ1) is 14.0. The number of hydrogen-bond acceptors (Lipinski definition) is 4. The van der Waals surface area contributed by atoms with Crippen LogP contribution < -0.4 is 10.7 Å². The number of aryl methyl sites for hydroxylation is 1. The number of pyridine rings is 1. The van der Waals surface area contributed by atoms with Gasteiger partial charge in [0.2, 0.25) is 0 Å². The van der Waals surface area contributed by atoms with Crippen LogP contribution in [0.1, 0.15) is 29.4 Å². The van der Waals surface area contributed by atoms with Gasteiger partial charge in [0.25, 0.3) is 11.8 Å². The number of para-hydroxylation sites is 1. The Kier molecular flexibility index (Phi) is 4.72. The number of hydrazine groups is 1. The van der Waals surface area contributed by atoms with Crippen LogP contribution in [-0.2, 0) is 11.2 Å². The number of fused-ring (bicyclic) bond motifs is 1. The molecule has 2 heterocycles. The number of carbonyl (C=O) groups excluding carboxylic acids is 3. The van der Waals surface area contributed by atoms with Crippen molar-refractivity contribution < 1.29 is 14.4 Å². The van der Waals surface area contributed by atoms with Gasteiger partial charge < -0.3 is 5.32 Å². The highest BCUT2D eigenvalue weighted by Gasteiger charge is 2.48. The Balaban J connectivity index is 1.47. The first-order valence-corrected chi connectivity index (χ1v) is 9.34. The molecular formula is C22H20N4O3. The quantitative estimate of drug-likeness (QED) is 0.658. The molecule has 2 N–H and O–H groups in total. The van der Waals surface area contributed by atoms with Gasteiger partial charge in [0.15, 0.2) is 0 Å². The van der Waals surface area contributed by atoms with Crippen LogP contribution in [0.15, 0.2) is 66.7 Å². The van der Waals surface area contributed by atoms with Crippen molar-refractivity contribution in [2.45, 2.75) is 25.3 Å². The minimum atomic E-state index is -1.09. The van der Waals surface area contributed by atoms with E-state index in [-0.39, 0.29) is 5.69 Å². The van der Waals surface area contributed by atoms with Gasteiger partial charge >= 0.3 is 6.03 Å². The van der Waals surface area contributed by atoms with Gasteiger partial charge in [-0.2, -0.15) is 5.01 Å². The lowest BCUT2D eigenvalue weighted by Crippen LogP contribution is -2.49. The van der Waals surface area contributed by atoms with Crippen LogP contribution in [0.2, 0.25) is 0 Å². The van der Waals surface area contributed by atoms with E-state index in [0.717, 1.165) is 16.0 Å². The van der Waals surface area contributed by atoms with Gasteiger partial charge in [-0.05, 0) is 37.5 Å². The number of rotatable bonds is 5. The molecule has 29 heavy (non-hydrogen) atoms. The highest BCUT2D eigenvalue weighted by atomic mass is 16.2. The lowest BCUT2D eigenvalue weighted by molar-refractivity contribution is -0.132. The number of amides is 4. The predicted molar refractivity (Wildman–Crippen MR) is 108 cm³/mol. The zero-order chi connectivity index (χ0) is 20.4. The third kappa shape index (κ3) is 3.67. The molecule has 0 aliphatic carbocycles. The van der Waals surface area contributed by atoms with Crippen molar-refractivity contribution in [1.29, 1.82) is 0 Å². The fraction of sp³-hybridized carbons (Fsp3) is 0.182. The Bertz CT molecular complexity index is 1100. The molecule has 0 bridgehead atoms. The molecule has 7 heteroatoms. The standard InChI is InChI=1S/C22H20N4O3/c1-22(14-13-15-7-3-2-4-8-15)20(28)26(21(29)24-22)25-19(27)18-12-11-16-9-5-6-10-17(16)23-18/h2-12H,13-14H2,1H3,(H,24,29)(H,25,27)/t22-/m0/s1. The minimum Gasteiger partial charge on any atom is -0.322 e. The van der Waals surface area contributed by atoms with Gasteiger partial charge in [0.1, 0.15) is 11.2 Å². The van der Waals surface area contributed by atoms with Crippen LogP contribution >= 0.6 is 0 Å². The van der Waals surface area contributed by atoms with E-state index in [4.69, 9.17) is 0 Å². The van der Waals surface area contributed by atoms with E-state index in [1.807, 2.05) is 48.5 Å². The number of nitrogens with one attached hydrogen (secondary N) is 2. The summed E-state index contributed by atoms with van der Waals surface area (Å²) in [4.78, 5) is 42.1. The summed E-state index contributed by atoms with van der Waals surface area (Å²) < 4.78 is 0. The molecule has 4 rings (SSSR count). The molecule has 1 fully saturated rings. The number of carbonyl (C=O) groups is 3. The van der Waals surface area contributed by atoms with E-state index in [0.29, 0.717) is 18.4 Å². The molecule has 0 saturated carbocycles. The third-order valence-electron chi connectivity index (χ3n) is 5.06. The van der Waals surface area contributed by atoms with Crippen LogP contribution in [0, 0.1) is 0 Å². The second-order valence-corrected chi connectivity index (χ2v) is 7.22. The summed E-state index contributed by atoms with van der Waals surface area (Å²) in [6, 6.07) is 19.8. The molecule has 1 atom stereocenters. The number of benzene rings is 2. The Hall–Kier alpha value is -3.74. The molecule has 1 aliphatic heterocycles. The second-order valence-electron chi connectivity index (χ2n) is 7.22. The fourth-order valence-corrected chi connectivity index (χ4v) is 3.35. The molecule has 0 unspecified atom stereocenters. The van der Waals surface area contributed by atoms with Gasteiger partial charge in [-0.15, -0.1) is 0 Å². The SMILES string of the molecule is C[C@@]1(CCc2ccccc2)NC(=O)N(NC(=O)c2ccc3ccccc3n2)C1=O. The van der Waals surface area contributed by atoms with E-state index < -0.39 is 23.4 Å². The Morgan fingerprint density at radius 1 is 1.03 bits per heavy atom. The average Bonchev–Trinajstić information content (AvgIpc) is 2.96. The molecule has 7 nitrogen and oxygen atoms in total. The van der Waals surface area contributed by atoms with Crippen LogP contribution in [0.25, 0.3) is 10.9 Å². The highest BCUT2D eigenvalue weighted by molar-refractivity contribution is 6.09. The monoisotopic (exact) mass is 388 g/mol. The first-order valence-electron chi connectivity index (χ1n) is 9.34. The smallest absolute Gasteiger partial charge is 0.322 e. The van der Waals surface area contributed by atoms with Crippen molar-refractivity contribution in [3.8, 4) is 0 Å². The largest absolute Gasteiger partial charge is 0.344 e. The zero-order valence-corrected chi connectivity index (χ0v) is 15.9. The van der Waals surface area contributed by atoms with Crippen molar-refractivity contribution in [3.63, 3.8) is 0 Å². The first kappa shape index (κ1) is 18.6. The lowest BCUT2D eigenvalue weighted by Gasteiger charge is -2.21. The maximum absolute atomic E-state index is 12.8. The van der Waals surface area contributed by atoms with E-state index in [1.165, 1.54) is 0 Å². The summed E-state index contributed by atoms with van der Waals surface area (Å²) in [5.74, 6) is -1.11. The van der Waals surface area contributed by atoms with Gasteiger partial charge in [0.05, 0.1) is 5.52 Å². The third-order valence-corrected chi connectivity index (χ3v) is 5.06. The van der Waals surface area contributed by atoms with Crippen LogP contribution in [0.3, 0.4) is 0 Å². The van der Waals surface area contributed by atoms with Crippen LogP contribution in [0.4, 0.5) is 4.79 Å². The summed E-state index contributed by atoms with van der Waals surface area (Å²) in [6.45, 7) is 1.66. The summed E-state index contributed by atoms with van der Waals surface area (Å²) in [7, 11) is 0. The van der Waals surface area contributed by atoms with E-state index in [1.54, 1.807) is 25.1 Å². The van der Waals surface area contributed by atoms with Crippen molar-refractivity contribution in [2.75, 3.05) is 0 Å². The molecule has 3 aromatic rings. The minimum absolute atomic E-state index is 0.127. The molecule has 0 radical (unpaired) electrons. The summed E-state index contributed by atoms with van der Waals surface area (Å²) in [5, 5.41) is 4.33. The molecule has 1 saturated heterocycles. The predicted octanol–water partition coefficient (Wildman–Crippen LogP) is 2.82. The molecule has 0 spiro atoms. The molecule has 1 aromatic heterocycles. The maximum Gasteiger partial charge on any atom is 0.344 e. The van der Waals surface area contributed by atoms with Gasteiger partial charge in [-0.25, -0.2) is 9.78 Å². The zero-order valence-electron chi connectivity index (χ0n) is 15.9. The lowest BCUT2D eigenvalue weighted by atomic mass is 9.93. The Morgan fingerprint density at radius 3 is 2.55 bits per heavy atom. The molecule has 146 valence electrons. The maximum atomic E-state index is 12.8. The highest BCUT2D eigenvalue weighted by Crippen LogP contribution is 2.22.